The second kappa shape index (κ2) is 7.25. The fraction of sp³-hybridized carbons (Fsp3) is 0.111. The quantitative estimate of drug-likeness (QED) is 0.565. The van der Waals surface area contributed by atoms with E-state index in [-0.39, 0.29) is 28.0 Å². The molecule has 7 heteroatoms. The lowest BCUT2D eigenvalue weighted by molar-refractivity contribution is 0.0464. The topological polar surface area (TPSA) is 52.3 Å². The Morgan fingerprint density at radius 1 is 1.20 bits per heavy atom. The largest absolute Gasteiger partial charge is 0.455 e. The summed E-state index contributed by atoms with van der Waals surface area (Å²) in [5.41, 5.74) is 2.03. The summed E-state index contributed by atoms with van der Waals surface area (Å²) in [7, 11) is 0. The van der Waals surface area contributed by atoms with E-state index >= 15 is 0 Å². The maximum absolute atomic E-state index is 13.0. The fourth-order valence-corrected chi connectivity index (χ4v) is 2.62. The number of ether oxygens (including phenoxy) is 1. The summed E-state index contributed by atoms with van der Waals surface area (Å²) < 4.78 is 23.5. The Hall–Kier alpha value is -2.37. The van der Waals surface area contributed by atoms with Gasteiger partial charge in [-0.2, -0.15) is 0 Å². The molecule has 0 atom stereocenters. The van der Waals surface area contributed by atoms with Gasteiger partial charge in [0.05, 0.1) is 15.6 Å². The van der Waals surface area contributed by atoms with Crippen molar-refractivity contribution in [3.63, 3.8) is 0 Å². The molecule has 0 saturated carbocycles. The summed E-state index contributed by atoms with van der Waals surface area (Å²) in [5.74, 6) is -0.460. The average Bonchev–Trinajstić information content (AvgIpc) is 2.97. The van der Waals surface area contributed by atoms with Crippen LogP contribution < -0.4 is 0 Å². The molecule has 0 aliphatic rings. The molecule has 0 amide bonds. The van der Waals surface area contributed by atoms with Gasteiger partial charge in [-0.1, -0.05) is 34.4 Å². The minimum atomic E-state index is -0.613. The zero-order valence-electron chi connectivity index (χ0n) is 13.1. The second-order valence-electron chi connectivity index (χ2n) is 5.27. The SMILES string of the molecule is Cc1c(COC(=O)c2cccc(Cl)c2Cl)noc1-c1ccc(F)cc1. The number of carbonyl (C=O) groups is 1. The number of hydrogen-bond acceptors (Lipinski definition) is 4. The minimum Gasteiger partial charge on any atom is -0.455 e. The third-order valence-electron chi connectivity index (χ3n) is 3.64. The number of esters is 1. The van der Waals surface area contributed by atoms with Crippen LogP contribution in [-0.4, -0.2) is 11.1 Å². The average molecular weight is 380 g/mol. The zero-order chi connectivity index (χ0) is 18.0. The van der Waals surface area contributed by atoms with E-state index in [1.165, 1.54) is 18.2 Å². The Bertz CT molecular complexity index is 923. The molecule has 0 radical (unpaired) electrons. The summed E-state index contributed by atoms with van der Waals surface area (Å²) in [6.45, 7) is 1.70. The van der Waals surface area contributed by atoms with Crippen molar-refractivity contribution >= 4 is 29.2 Å². The van der Waals surface area contributed by atoms with Gasteiger partial charge in [0.25, 0.3) is 0 Å². The number of hydrogen-bond donors (Lipinski definition) is 0. The molecular formula is C18H12Cl2FNO3. The molecule has 0 fully saturated rings. The van der Waals surface area contributed by atoms with Crippen molar-refractivity contribution in [3.8, 4) is 11.3 Å². The molecule has 1 heterocycles. The molecule has 3 aromatic rings. The molecule has 0 aliphatic carbocycles. The van der Waals surface area contributed by atoms with E-state index in [9.17, 15) is 9.18 Å². The standard InChI is InChI=1S/C18H12Cl2FNO3/c1-10-15(22-25-17(10)11-5-7-12(21)8-6-11)9-24-18(23)13-3-2-4-14(19)16(13)20/h2-8H,9H2,1H3. The van der Waals surface area contributed by atoms with Crippen molar-refractivity contribution in [1.82, 2.24) is 5.16 Å². The number of carbonyl (C=O) groups excluding carboxylic acids is 1. The van der Waals surface area contributed by atoms with E-state index in [1.807, 2.05) is 0 Å². The van der Waals surface area contributed by atoms with Gasteiger partial charge in [0.2, 0.25) is 0 Å². The lowest BCUT2D eigenvalue weighted by Crippen LogP contribution is -2.07. The number of nitrogens with zero attached hydrogens (tertiary/aromatic N) is 1. The first-order valence-electron chi connectivity index (χ1n) is 7.29. The van der Waals surface area contributed by atoms with Gasteiger partial charge in [-0.05, 0) is 43.3 Å². The lowest BCUT2D eigenvalue weighted by atomic mass is 10.1. The van der Waals surface area contributed by atoms with Crippen LogP contribution in [0.1, 0.15) is 21.6 Å². The molecule has 1 aromatic heterocycles. The molecule has 2 aromatic carbocycles. The molecule has 0 saturated heterocycles. The van der Waals surface area contributed by atoms with Crippen LogP contribution in [0.25, 0.3) is 11.3 Å². The molecule has 0 bridgehead atoms. The fourth-order valence-electron chi connectivity index (χ4n) is 2.25. The molecule has 0 N–H and O–H groups in total. The van der Waals surface area contributed by atoms with Gasteiger partial charge >= 0.3 is 5.97 Å². The molecule has 128 valence electrons. The van der Waals surface area contributed by atoms with Crippen molar-refractivity contribution in [2.24, 2.45) is 0 Å². The highest BCUT2D eigenvalue weighted by atomic mass is 35.5. The van der Waals surface area contributed by atoms with Gasteiger partial charge in [0.15, 0.2) is 5.76 Å². The van der Waals surface area contributed by atoms with E-state index in [4.69, 9.17) is 32.5 Å². The summed E-state index contributed by atoms with van der Waals surface area (Å²) in [5, 5.41) is 4.32. The Kier molecular flexibility index (Phi) is 5.06. The van der Waals surface area contributed by atoms with Crippen LogP contribution in [0.5, 0.6) is 0 Å². The van der Waals surface area contributed by atoms with E-state index in [0.29, 0.717) is 22.6 Å². The molecule has 3 rings (SSSR count). The zero-order valence-corrected chi connectivity index (χ0v) is 14.6. The van der Waals surface area contributed by atoms with Gasteiger partial charge in [-0.25, -0.2) is 9.18 Å². The summed E-state index contributed by atoms with van der Waals surface area (Å²) >= 11 is 11.9. The van der Waals surface area contributed by atoms with Crippen LogP contribution in [-0.2, 0) is 11.3 Å². The Balaban J connectivity index is 1.75. The van der Waals surface area contributed by atoms with Crippen molar-refractivity contribution in [2.45, 2.75) is 13.5 Å². The monoisotopic (exact) mass is 379 g/mol. The maximum Gasteiger partial charge on any atom is 0.340 e. The van der Waals surface area contributed by atoms with E-state index in [2.05, 4.69) is 5.16 Å². The number of halogens is 3. The highest BCUT2D eigenvalue weighted by Gasteiger charge is 2.18. The Morgan fingerprint density at radius 2 is 1.92 bits per heavy atom. The summed E-state index contributed by atoms with van der Waals surface area (Å²) in [6.07, 6.45) is 0. The van der Waals surface area contributed by atoms with Crippen molar-refractivity contribution in [2.75, 3.05) is 0 Å². The van der Waals surface area contributed by atoms with Gasteiger partial charge in [-0.3, -0.25) is 0 Å². The van der Waals surface area contributed by atoms with Gasteiger partial charge in [0.1, 0.15) is 18.1 Å². The summed E-state index contributed by atoms with van der Waals surface area (Å²) in [4.78, 5) is 12.2. The minimum absolute atomic E-state index is 0.0851. The summed E-state index contributed by atoms with van der Waals surface area (Å²) in [6, 6.07) is 10.6. The van der Waals surface area contributed by atoms with E-state index in [1.54, 1.807) is 31.2 Å². The van der Waals surface area contributed by atoms with Crippen molar-refractivity contribution in [1.29, 1.82) is 0 Å². The van der Waals surface area contributed by atoms with E-state index in [0.717, 1.165) is 0 Å². The van der Waals surface area contributed by atoms with E-state index < -0.39 is 5.97 Å². The highest BCUT2D eigenvalue weighted by Crippen LogP contribution is 2.28. The van der Waals surface area contributed by atoms with Crippen LogP contribution in [0.2, 0.25) is 10.0 Å². The van der Waals surface area contributed by atoms with Crippen LogP contribution in [0.15, 0.2) is 47.0 Å². The smallest absolute Gasteiger partial charge is 0.340 e. The predicted octanol–water partition coefficient (Wildman–Crippen LogP) is 5.45. The Labute approximate surface area is 153 Å². The van der Waals surface area contributed by atoms with Gasteiger partial charge < -0.3 is 9.26 Å². The third-order valence-corrected chi connectivity index (χ3v) is 4.46. The van der Waals surface area contributed by atoms with Gasteiger partial charge in [-0.15, -0.1) is 0 Å². The number of rotatable bonds is 4. The predicted molar refractivity (Wildman–Crippen MR) is 92.2 cm³/mol. The molecule has 25 heavy (non-hydrogen) atoms. The first kappa shape index (κ1) is 17.5. The number of aromatic nitrogens is 1. The maximum atomic E-state index is 13.0. The van der Waals surface area contributed by atoms with Crippen LogP contribution in [0.3, 0.4) is 0 Å². The molecular weight excluding hydrogens is 368 g/mol. The molecule has 0 unspecified atom stereocenters. The molecule has 0 aliphatic heterocycles. The normalized spacial score (nSPS) is 10.7. The number of benzene rings is 2. The van der Waals surface area contributed by atoms with Gasteiger partial charge in [0, 0.05) is 11.1 Å². The van der Waals surface area contributed by atoms with Crippen molar-refractivity contribution < 1.29 is 18.4 Å². The third kappa shape index (κ3) is 3.67. The van der Waals surface area contributed by atoms with Crippen molar-refractivity contribution in [3.05, 3.63) is 75.1 Å². The first-order valence-corrected chi connectivity index (χ1v) is 8.05. The van der Waals surface area contributed by atoms with Crippen LogP contribution >= 0.6 is 23.2 Å². The molecule has 0 spiro atoms. The lowest BCUT2D eigenvalue weighted by Gasteiger charge is -2.06. The Morgan fingerprint density at radius 3 is 2.64 bits per heavy atom. The van der Waals surface area contributed by atoms with Crippen LogP contribution in [0.4, 0.5) is 4.39 Å². The second-order valence-corrected chi connectivity index (χ2v) is 6.05. The first-order chi connectivity index (χ1) is 12.0. The molecule has 4 nitrogen and oxygen atoms in total. The van der Waals surface area contributed by atoms with Crippen LogP contribution in [0, 0.1) is 12.7 Å². The highest BCUT2D eigenvalue weighted by molar-refractivity contribution is 6.43.